The lowest BCUT2D eigenvalue weighted by molar-refractivity contribution is -0.294. The van der Waals surface area contributed by atoms with Crippen LogP contribution < -0.4 is 10.4 Å². The van der Waals surface area contributed by atoms with Gasteiger partial charge in [0.15, 0.2) is 0 Å². The fourth-order valence-corrected chi connectivity index (χ4v) is 1.20. The summed E-state index contributed by atoms with van der Waals surface area (Å²) in [5.41, 5.74) is 1.54. The molecule has 1 aromatic carbocycles. The largest absolute Gasteiger partial charge is 0.543 e. The Kier molecular flexibility index (Phi) is 1.73. The molecule has 0 bridgehead atoms. The maximum absolute atomic E-state index is 10.5. The van der Waals surface area contributed by atoms with Crippen LogP contribution in [0.3, 0.4) is 0 Å². The minimum atomic E-state index is -1.22. The third kappa shape index (κ3) is 1.38. The second-order valence-corrected chi connectivity index (χ2v) is 2.72. The first-order valence-corrected chi connectivity index (χ1v) is 3.89. The van der Waals surface area contributed by atoms with E-state index >= 15 is 0 Å². The summed E-state index contributed by atoms with van der Waals surface area (Å²) >= 11 is 0. The van der Waals surface area contributed by atoms with Crippen molar-refractivity contribution < 1.29 is 9.90 Å². The number of carboxylic acids is 1. The molecule has 1 heterocycles. The maximum Gasteiger partial charge on any atom is 0.0876 e. The topological polar surface area (TPSA) is 64.5 Å². The van der Waals surface area contributed by atoms with Crippen molar-refractivity contribution in [2.24, 2.45) is 4.99 Å². The van der Waals surface area contributed by atoms with Gasteiger partial charge in [0.2, 0.25) is 0 Å². The van der Waals surface area contributed by atoms with Gasteiger partial charge in [0.25, 0.3) is 0 Å². The highest BCUT2D eigenvalue weighted by molar-refractivity contribution is 6.37. The molecule has 0 aliphatic carbocycles. The molecule has 0 atom stereocenters. The summed E-state index contributed by atoms with van der Waals surface area (Å²) in [6.45, 7) is 0.222. The van der Waals surface area contributed by atoms with Gasteiger partial charge in [0, 0.05) is 0 Å². The van der Waals surface area contributed by atoms with Crippen molar-refractivity contribution in [3.05, 3.63) is 24.3 Å². The fourth-order valence-electron chi connectivity index (χ4n) is 1.20. The quantitative estimate of drug-likeness (QED) is 0.650. The van der Waals surface area contributed by atoms with E-state index in [1.165, 1.54) is 0 Å². The highest BCUT2D eigenvalue weighted by Gasteiger charge is 2.10. The number of aliphatic carboxylic acids is 1. The number of fused-ring (bicyclic) bond motifs is 1. The standard InChI is InChI=1S/C9H8N2O2/c12-9(13)8-5-10-6-3-1-2-4-7(6)11-8/h1-4,10H,5H2,(H,12,13)/p-1. The molecule has 0 spiro atoms. The van der Waals surface area contributed by atoms with E-state index in [1.807, 2.05) is 18.2 Å². The zero-order valence-corrected chi connectivity index (χ0v) is 6.78. The van der Waals surface area contributed by atoms with E-state index in [-0.39, 0.29) is 12.3 Å². The molecule has 66 valence electrons. The number of hydrogen-bond donors (Lipinski definition) is 1. The number of aliphatic imine (C=N–C) groups is 1. The van der Waals surface area contributed by atoms with Crippen molar-refractivity contribution in [2.75, 3.05) is 11.9 Å². The second-order valence-electron chi connectivity index (χ2n) is 2.72. The molecule has 1 N–H and O–H groups in total. The smallest absolute Gasteiger partial charge is 0.0876 e. The lowest BCUT2D eigenvalue weighted by atomic mass is 10.2. The lowest BCUT2D eigenvalue weighted by Crippen LogP contribution is -2.37. The van der Waals surface area contributed by atoms with Gasteiger partial charge in [-0.05, 0) is 12.1 Å². The van der Waals surface area contributed by atoms with Gasteiger partial charge in [-0.3, -0.25) is 0 Å². The molecule has 0 fully saturated rings. The molecule has 1 aromatic rings. The maximum atomic E-state index is 10.5. The normalized spacial score (nSPS) is 14.0. The van der Waals surface area contributed by atoms with Gasteiger partial charge in [0.1, 0.15) is 0 Å². The molecule has 0 aromatic heterocycles. The van der Waals surface area contributed by atoms with E-state index in [1.54, 1.807) is 6.07 Å². The third-order valence-corrected chi connectivity index (χ3v) is 1.84. The second kappa shape index (κ2) is 2.90. The molecule has 2 rings (SSSR count). The van der Waals surface area contributed by atoms with Gasteiger partial charge >= 0.3 is 0 Å². The summed E-state index contributed by atoms with van der Waals surface area (Å²) in [5.74, 6) is -1.22. The van der Waals surface area contributed by atoms with Gasteiger partial charge in [-0.2, -0.15) is 0 Å². The molecule has 13 heavy (non-hydrogen) atoms. The highest BCUT2D eigenvalue weighted by atomic mass is 16.4. The van der Waals surface area contributed by atoms with E-state index in [0.29, 0.717) is 5.69 Å². The van der Waals surface area contributed by atoms with E-state index in [9.17, 15) is 9.90 Å². The first-order chi connectivity index (χ1) is 6.27. The van der Waals surface area contributed by atoms with Crippen LogP contribution in [-0.2, 0) is 4.79 Å². The average Bonchev–Trinajstić information content (AvgIpc) is 2.17. The first kappa shape index (κ1) is 7.79. The minimum absolute atomic E-state index is 0.0405. The van der Waals surface area contributed by atoms with Gasteiger partial charge in [-0.25, -0.2) is 4.99 Å². The number of carbonyl (C=O) groups is 1. The van der Waals surface area contributed by atoms with E-state index in [4.69, 9.17) is 0 Å². The molecule has 4 nitrogen and oxygen atoms in total. The monoisotopic (exact) mass is 175 g/mol. The van der Waals surface area contributed by atoms with Crippen molar-refractivity contribution >= 4 is 23.1 Å². The van der Waals surface area contributed by atoms with Crippen molar-refractivity contribution in [1.29, 1.82) is 0 Å². The number of nitrogens with zero attached hydrogens (tertiary/aromatic N) is 1. The van der Waals surface area contributed by atoms with Gasteiger partial charge in [0.05, 0.1) is 29.6 Å². The van der Waals surface area contributed by atoms with E-state index in [2.05, 4.69) is 10.3 Å². The van der Waals surface area contributed by atoms with Crippen molar-refractivity contribution in [1.82, 2.24) is 0 Å². The van der Waals surface area contributed by atoms with Crippen LogP contribution in [0.2, 0.25) is 0 Å². The van der Waals surface area contributed by atoms with Gasteiger partial charge < -0.3 is 15.2 Å². The molecule has 0 saturated carbocycles. The predicted molar refractivity (Wildman–Crippen MR) is 47.0 cm³/mol. The Bertz CT molecular complexity index is 385. The van der Waals surface area contributed by atoms with Gasteiger partial charge in [-0.1, -0.05) is 12.1 Å². The van der Waals surface area contributed by atoms with E-state index < -0.39 is 5.97 Å². The number of hydrogen-bond acceptors (Lipinski definition) is 4. The molecule has 1 aliphatic heterocycles. The van der Waals surface area contributed by atoms with Crippen LogP contribution in [0, 0.1) is 0 Å². The Morgan fingerprint density at radius 2 is 2.23 bits per heavy atom. The van der Waals surface area contributed by atoms with Crippen LogP contribution in [0.25, 0.3) is 0 Å². The lowest BCUT2D eigenvalue weighted by Gasteiger charge is -2.17. The number of nitrogens with one attached hydrogen (secondary N) is 1. The SMILES string of the molecule is O=C([O-])C1=Nc2ccccc2NC1. The van der Waals surface area contributed by atoms with Crippen LogP contribution in [-0.4, -0.2) is 18.2 Å². The molecule has 4 heteroatoms. The molecular weight excluding hydrogens is 168 g/mol. The molecule has 1 aliphatic rings. The number of carbonyl (C=O) groups excluding carboxylic acids is 1. The van der Waals surface area contributed by atoms with Crippen LogP contribution in [0.15, 0.2) is 29.3 Å². The fraction of sp³-hybridized carbons (Fsp3) is 0.111. The zero-order chi connectivity index (χ0) is 9.26. The Hall–Kier alpha value is -1.84. The van der Waals surface area contributed by atoms with Crippen LogP contribution in [0.1, 0.15) is 0 Å². The first-order valence-electron chi connectivity index (χ1n) is 3.89. The summed E-state index contributed by atoms with van der Waals surface area (Å²) in [6, 6.07) is 7.28. The molecule has 0 unspecified atom stereocenters. The third-order valence-electron chi connectivity index (χ3n) is 1.84. The van der Waals surface area contributed by atoms with Crippen molar-refractivity contribution in [2.45, 2.75) is 0 Å². The molecular formula is C9H7N2O2-. The number of carboxylic acid groups (broad SMARTS) is 1. The minimum Gasteiger partial charge on any atom is -0.543 e. The summed E-state index contributed by atoms with van der Waals surface area (Å²) in [5, 5.41) is 13.4. The highest BCUT2D eigenvalue weighted by Crippen LogP contribution is 2.26. The summed E-state index contributed by atoms with van der Waals surface area (Å²) in [4.78, 5) is 14.4. The Morgan fingerprint density at radius 1 is 1.46 bits per heavy atom. The summed E-state index contributed by atoms with van der Waals surface area (Å²) in [6.07, 6.45) is 0. The van der Waals surface area contributed by atoms with Gasteiger partial charge in [-0.15, -0.1) is 0 Å². The van der Waals surface area contributed by atoms with Crippen molar-refractivity contribution in [3.8, 4) is 0 Å². The Balaban J connectivity index is 2.44. The molecule has 0 radical (unpaired) electrons. The average molecular weight is 175 g/mol. The van der Waals surface area contributed by atoms with Crippen LogP contribution in [0.4, 0.5) is 11.4 Å². The number of rotatable bonds is 1. The number of para-hydroxylation sites is 2. The van der Waals surface area contributed by atoms with Crippen LogP contribution in [0.5, 0.6) is 0 Å². The van der Waals surface area contributed by atoms with Crippen molar-refractivity contribution in [3.63, 3.8) is 0 Å². The summed E-state index contributed by atoms with van der Waals surface area (Å²) < 4.78 is 0. The Morgan fingerprint density at radius 3 is 3.00 bits per heavy atom. The number of benzene rings is 1. The zero-order valence-electron chi connectivity index (χ0n) is 6.78. The van der Waals surface area contributed by atoms with E-state index in [0.717, 1.165) is 5.69 Å². The molecule has 0 saturated heterocycles. The Labute approximate surface area is 74.9 Å². The summed E-state index contributed by atoms with van der Waals surface area (Å²) in [7, 11) is 0. The molecule has 0 amide bonds. The van der Waals surface area contributed by atoms with Crippen LogP contribution >= 0.6 is 0 Å². The predicted octanol–water partition coefficient (Wildman–Crippen LogP) is -0.0655. The number of anilines is 1.